The Morgan fingerprint density at radius 1 is 0.907 bits per heavy atom. The monoisotopic (exact) mass is 659 g/mol. The standard InChI is InChI=1S/C31H42BrN5O6/c1-30(2,3)42-27(38)33-26(36-19-34(7)28(39)35(8)20-36)37(29(40)43-31(4,5)6)18-22-12-15-25(32)23(17-22)16-21-10-13-24(41-9)14-11-21/h10-15,17H,16,18-20H2,1-9H3. The fourth-order valence-electron chi connectivity index (χ4n) is 4.31. The van der Waals surface area contributed by atoms with E-state index in [0.717, 1.165) is 26.9 Å². The van der Waals surface area contributed by atoms with Gasteiger partial charge in [0.1, 0.15) is 17.0 Å². The molecule has 11 nitrogen and oxygen atoms in total. The van der Waals surface area contributed by atoms with Crippen molar-refractivity contribution in [2.45, 2.75) is 65.7 Å². The Morgan fingerprint density at radius 3 is 2.00 bits per heavy atom. The van der Waals surface area contributed by atoms with E-state index in [1.165, 1.54) is 14.7 Å². The molecule has 1 aliphatic rings. The average molecular weight is 661 g/mol. The van der Waals surface area contributed by atoms with E-state index >= 15 is 0 Å². The molecule has 2 aromatic carbocycles. The summed E-state index contributed by atoms with van der Waals surface area (Å²) in [5.74, 6) is 0.784. The second-order valence-corrected chi connectivity index (χ2v) is 13.3. The van der Waals surface area contributed by atoms with E-state index in [2.05, 4.69) is 20.9 Å². The van der Waals surface area contributed by atoms with Crippen molar-refractivity contribution in [1.29, 1.82) is 0 Å². The fraction of sp³-hybridized carbons (Fsp3) is 0.484. The molecule has 0 aromatic heterocycles. The van der Waals surface area contributed by atoms with Crippen molar-refractivity contribution in [3.05, 3.63) is 63.6 Å². The van der Waals surface area contributed by atoms with Crippen LogP contribution in [0.4, 0.5) is 14.4 Å². The molecule has 0 N–H and O–H groups in total. The van der Waals surface area contributed by atoms with E-state index < -0.39 is 23.4 Å². The number of nitrogens with zero attached hydrogens (tertiary/aromatic N) is 5. The van der Waals surface area contributed by atoms with E-state index in [-0.39, 0.29) is 31.9 Å². The predicted octanol–water partition coefficient (Wildman–Crippen LogP) is 6.29. The molecule has 1 fully saturated rings. The lowest BCUT2D eigenvalue weighted by atomic mass is 10.0. The minimum Gasteiger partial charge on any atom is -0.497 e. The van der Waals surface area contributed by atoms with Crippen molar-refractivity contribution < 1.29 is 28.6 Å². The maximum absolute atomic E-state index is 13.8. The summed E-state index contributed by atoms with van der Waals surface area (Å²) >= 11 is 3.66. The smallest absolute Gasteiger partial charge is 0.437 e. The Bertz CT molecular complexity index is 1340. The summed E-state index contributed by atoms with van der Waals surface area (Å²) in [7, 11) is 4.89. The van der Waals surface area contributed by atoms with Gasteiger partial charge in [0.25, 0.3) is 0 Å². The number of hydrogen-bond acceptors (Lipinski definition) is 6. The maximum atomic E-state index is 13.8. The largest absolute Gasteiger partial charge is 0.497 e. The van der Waals surface area contributed by atoms with Crippen LogP contribution < -0.4 is 4.74 Å². The van der Waals surface area contributed by atoms with Gasteiger partial charge < -0.3 is 28.9 Å². The van der Waals surface area contributed by atoms with E-state index in [0.29, 0.717) is 6.42 Å². The van der Waals surface area contributed by atoms with Crippen molar-refractivity contribution >= 4 is 40.1 Å². The molecule has 0 atom stereocenters. The number of benzene rings is 2. The molecule has 234 valence electrons. The van der Waals surface area contributed by atoms with Gasteiger partial charge in [-0.15, -0.1) is 4.99 Å². The third kappa shape index (κ3) is 9.87. The van der Waals surface area contributed by atoms with E-state index in [1.807, 2.05) is 42.5 Å². The summed E-state index contributed by atoms with van der Waals surface area (Å²) in [5.41, 5.74) is 1.23. The van der Waals surface area contributed by atoms with Gasteiger partial charge >= 0.3 is 18.2 Å². The SMILES string of the molecule is COc1ccc(Cc2cc(CN(C(=O)OC(C)(C)C)C(=NC(=O)OC(C)(C)C)N3CN(C)C(=O)N(C)C3)ccc2Br)cc1. The highest BCUT2D eigenvalue weighted by molar-refractivity contribution is 9.10. The van der Waals surface area contributed by atoms with Crippen LogP contribution in [0.5, 0.6) is 5.75 Å². The van der Waals surface area contributed by atoms with Gasteiger partial charge in [0.15, 0.2) is 0 Å². The highest BCUT2D eigenvalue weighted by Gasteiger charge is 2.35. The number of guanidine groups is 1. The minimum atomic E-state index is -0.866. The van der Waals surface area contributed by atoms with Gasteiger partial charge in [0, 0.05) is 18.6 Å². The van der Waals surface area contributed by atoms with E-state index in [4.69, 9.17) is 14.2 Å². The fourth-order valence-corrected chi connectivity index (χ4v) is 4.69. The molecule has 1 saturated heterocycles. The first-order chi connectivity index (χ1) is 20.0. The average Bonchev–Trinajstić information content (AvgIpc) is 2.89. The predicted molar refractivity (Wildman–Crippen MR) is 168 cm³/mol. The third-order valence-electron chi connectivity index (χ3n) is 6.15. The number of amides is 4. The molecule has 0 saturated carbocycles. The van der Waals surface area contributed by atoms with Gasteiger partial charge in [0.2, 0.25) is 5.96 Å². The summed E-state index contributed by atoms with van der Waals surface area (Å²) < 4.78 is 17.5. The molecule has 0 unspecified atom stereocenters. The van der Waals surface area contributed by atoms with Crippen LogP contribution in [-0.4, -0.2) is 89.5 Å². The van der Waals surface area contributed by atoms with Crippen LogP contribution in [0.1, 0.15) is 58.2 Å². The first kappa shape index (κ1) is 33.7. The molecule has 0 aliphatic carbocycles. The minimum absolute atomic E-state index is 0.00863. The number of hydrogen-bond donors (Lipinski definition) is 0. The number of rotatable bonds is 5. The van der Waals surface area contributed by atoms with Crippen LogP contribution in [-0.2, 0) is 22.4 Å². The zero-order valence-electron chi connectivity index (χ0n) is 26.4. The Hall–Kier alpha value is -3.80. The maximum Gasteiger partial charge on any atom is 0.437 e. The number of halogens is 1. The van der Waals surface area contributed by atoms with Crippen molar-refractivity contribution in [3.63, 3.8) is 0 Å². The third-order valence-corrected chi connectivity index (χ3v) is 6.92. The summed E-state index contributed by atoms with van der Waals surface area (Å²) in [6.07, 6.45) is -0.932. The van der Waals surface area contributed by atoms with Crippen LogP contribution in [0.15, 0.2) is 51.9 Å². The molecule has 4 amide bonds. The van der Waals surface area contributed by atoms with E-state index in [1.54, 1.807) is 67.6 Å². The van der Waals surface area contributed by atoms with Gasteiger partial charge in [-0.3, -0.25) is 0 Å². The lowest BCUT2D eigenvalue weighted by Gasteiger charge is -2.42. The van der Waals surface area contributed by atoms with E-state index in [9.17, 15) is 14.4 Å². The Kier molecular flexibility index (Phi) is 10.7. The molecule has 3 rings (SSSR count). The van der Waals surface area contributed by atoms with Gasteiger partial charge in [-0.25, -0.2) is 19.3 Å². The number of carbonyl (C=O) groups is 3. The quantitative estimate of drug-likeness (QED) is 0.274. The Morgan fingerprint density at radius 2 is 1.47 bits per heavy atom. The highest BCUT2D eigenvalue weighted by atomic mass is 79.9. The number of ether oxygens (including phenoxy) is 3. The van der Waals surface area contributed by atoms with Crippen molar-refractivity contribution in [2.24, 2.45) is 4.99 Å². The second kappa shape index (κ2) is 13.7. The van der Waals surface area contributed by atoms with Crippen molar-refractivity contribution in [2.75, 3.05) is 34.5 Å². The first-order valence-electron chi connectivity index (χ1n) is 13.9. The molecule has 0 spiro atoms. The Labute approximate surface area is 262 Å². The van der Waals surface area contributed by atoms with Gasteiger partial charge in [-0.2, -0.15) is 0 Å². The van der Waals surface area contributed by atoms with Crippen LogP contribution in [0, 0.1) is 0 Å². The molecule has 0 radical (unpaired) electrons. The summed E-state index contributed by atoms with van der Waals surface area (Å²) in [5, 5.41) is 0. The molecule has 2 aromatic rings. The van der Waals surface area contributed by atoms with Crippen LogP contribution in [0.3, 0.4) is 0 Å². The number of urea groups is 1. The topological polar surface area (TPSA) is 104 Å². The van der Waals surface area contributed by atoms with Crippen LogP contribution in [0.2, 0.25) is 0 Å². The van der Waals surface area contributed by atoms with Gasteiger partial charge in [-0.05, 0) is 82.9 Å². The summed E-state index contributed by atoms with van der Waals surface area (Å²) in [4.78, 5) is 49.5. The first-order valence-corrected chi connectivity index (χ1v) is 14.7. The summed E-state index contributed by atoms with van der Waals surface area (Å²) in [6, 6.07) is 13.4. The molecule has 43 heavy (non-hydrogen) atoms. The van der Waals surface area contributed by atoms with Crippen LogP contribution >= 0.6 is 15.9 Å². The normalized spacial score (nSPS) is 14.5. The van der Waals surface area contributed by atoms with Gasteiger partial charge in [0.05, 0.1) is 27.0 Å². The number of methoxy groups -OCH3 is 1. The summed E-state index contributed by atoms with van der Waals surface area (Å²) in [6.45, 7) is 10.7. The van der Waals surface area contributed by atoms with Crippen molar-refractivity contribution in [3.8, 4) is 5.75 Å². The zero-order chi connectivity index (χ0) is 32.1. The zero-order valence-corrected chi connectivity index (χ0v) is 28.0. The molecule has 1 aliphatic heterocycles. The lowest BCUT2D eigenvalue weighted by Crippen LogP contribution is -2.60. The molecular weight excluding hydrogens is 618 g/mol. The highest BCUT2D eigenvalue weighted by Crippen LogP contribution is 2.25. The Balaban J connectivity index is 2.06. The molecule has 12 heteroatoms. The van der Waals surface area contributed by atoms with Crippen molar-refractivity contribution in [1.82, 2.24) is 19.6 Å². The molecule has 1 heterocycles. The molecular formula is C31H42BrN5O6. The lowest BCUT2D eigenvalue weighted by molar-refractivity contribution is 0.0300. The number of carbonyl (C=O) groups excluding carboxylic acids is 3. The van der Waals surface area contributed by atoms with Crippen LogP contribution in [0.25, 0.3) is 0 Å². The van der Waals surface area contributed by atoms with Gasteiger partial charge in [-0.1, -0.05) is 40.2 Å². The second-order valence-electron chi connectivity index (χ2n) is 12.4. The number of aliphatic imine (C=N–C) groups is 1. The molecule has 0 bridgehead atoms.